The van der Waals surface area contributed by atoms with Gasteiger partial charge in [0.1, 0.15) is 35.2 Å². The van der Waals surface area contributed by atoms with Gasteiger partial charge in [0.2, 0.25) is 0 Å². The molecule has 0 radical (unpaired) electrons. The SMILES string of the molecule is C#Cc1c(F)ccc2cc(O)cc(-c3nc4c5c(nc(OCC67CCCN6CCC7)nc5c3F)N(CCCC)CC4=C)c12. The monoisotopic (exact) mass is 581 g/mol. The average molecular weight is 582 g/mol. The number of phenolic OH excluding ortho intramolecular Hbond substituents is 1. The minimum atomic E-state index is -0.724. The van der Waals surface area contributed by atoms with Gasteiger partial charge in [0.15, 0.2) is 5.82 Å². The van der Waals surface area contributed by atoms with E-state index in [1.807, 2.05) is 0 Å². The number of pyridine rings is 1. The lowest BCUT2D eigenvalue weighted by molar-refractivity contribution is 0.108. The second kappa shape index (κ2) is 10.5. The van der Waals surface area contributed by atoms with Crippen molar-refractivity contribution in [2.24, 2.45) is 0 Å². The molecule has 2 aromatic carbocycles. The van der Waals surface area contributed by atoms with Gasteiger partial charge in [-0.25, -0.2) is 13.8 Å². The summed E-state index contributed by atoms with van der Waals surface area (Å²) in [7, 11) is 0. The molecule has 2 fully saturated rings. The van der Waals surface area contributed by atoms with Gasteiger partial charge in [0.25, 0.3) is 0 Å². The van der Waals surface area contributed by atoms with E-state index in [0.717, 1.165) is 51.6 Å². The molecule has 0 amide bonds. The van der Waals surface area contributed by atoms with Crippen LogP contribution in [0.1, 0.15) is 56.7 Å². The molecule has 2 aromatic heterocycles. The van der Waals surface area contributed by atoms with E-state index >= 15 is 4.39 Å². The zero-order chi connectivity index (χ0) is 29.9. The molecule has 43 heavy (non-hydrogen) atoms. The molecule has 0 bridgehead atoms. The Kier molecular flexibility index (Phi) is 6.70. The van der Waals surface area contributed by atoms with Crippen LogP contribution in [0.25, 0.3) is 38.5 Å². The molecule has 4 aromatic rings. The Labute approximate surface area is 249 Å². The van der Waals surface area contributed by atoms with Crippen molar-refractivity contribution in [1.29, 1.82) is 0 Å². The number of benzene rings is 2. The number of unbranched alkanes of at least 4 members (excludes halogenated alkanes) is 1. The summed E-state index contributed by atoms with van der Waals surface area (Å²) in [5, 5.41) is 11.8. The number of phenols is 1. The van der Waals surface area contributed by atoms with Crippen molar-refractivity contribution in [1.82, 2.24) is 19.9 Å². The summed E-state index contributed by atoms with van der Waals surface area (Å²) in [4.78, 5) is 18.8. The Balaban J connectivity index is 1.44. The molecule has 220 valence electrons. The highest BCUT2D eigenvalue weighted by atomic mass is 19.1. The summed E-state index contributed by atoms with van der Waals surface area (Å²) in [6.45, 7) is 10.1. The molecule has 7 rings (SSSR count). The molecular weight excluding hydrogens is 548 g/mol. The van der Waals surface area contributed by atoms with Crippen LogP contribution in [0.5, 0.6) is 11.8 Å². The highest BCUT2D eigenvalue weighted by Crippen LogP contribution is 2.44. The number of aromatic nitrogens is 3. The first-order valence-corrected chi connectivity index (χ1v) is 15.0. The van der Waals surface area contributed by atoms with E-state index in [1.54, 1.807) is 0 Å². The predicted molar refractivity (Wildman–Crippen MR) is 164 cm³/mol. The van der Waals surface area contributed by atoms with Crippen LogP contribution >= 0.6 is 0 Å². The molecular formula is C34H33F2N5O2. The molecule has 0 unspecified atom stereocenters. The van der Waals surface area contributed by atoms with Crippen molar-refractivity contribution in [2.45, 2.75) is 51.0 Å². The zero-order valence-corrected chi connectivity index (χ0v) is 24.2. The van der Waals surface area contributed by atoms with Crippen LogP contribution in [0.4, 0.5) is 14.6 Å². The number of aromatic hydroxyl groups is 1. The van der Waals surface area contributed by atoms with E-state index in [9.17, 15) is 9.50 Å². The molecule has 0 spiro atoms. The number of anilines is 1. The average Bonchev–Trinajstić information content (AvgIpc) is 3.58. The third-order valence-electron chi connectivity index (χ3n) is 9.28. The highest BCUT2D eigenvalue weighted by Gasteiger charge is 2.45. The van der Waals surface area contributed by atoms with E-state index < -0.39 is 11.6 Å². The molecule has 3 aliphatic heterocycles. The maximum Gasteiger partial charge on any atom is 0.319 e. The third-order valence-corrected chi connectivity index (χ3v) is 9.28. The van der Waals surface area contributed by atoms with Crippen LogP contribution in [0, 0.1) is 24.0 Å². The first-order valence-electron chi connectivity index (χ1n) is 15.0. The van der Waals surface area contributed by atoms with Crippen LogP contribution in [0.2, 0.25) is 0 Å². The lowest BCUT2D eigenvalue weighted by Crippen LogP contribution is -2.43. The smallest absolute Gasteiger partial charge is 0.319 e. The number of terminal acetylenes is 1. The van der Waals surface area contributed by atoms with Gasteiger partial charge in [-0.1, -0.05) is 31.9 Å². The molecule has 1 N–H and O–H groups in total. The molecule has 0 atom stereocenters. The number of fused-ring (bicyclic) bond motifs is 2. The lowest BCUT2D eigenvalue weighted by Gasteiger charge is -2.33. The molecule has 0 aliphatic carbocycles. The number of hydrogen-bond acceptors (Lipinski definition) is 7. The van der Waals surface area contributed by atoms with Crippen molar-refractivity contribution >= 4 is 33.1 Å². The van der Waals surface area contributed by atoms with E-state index in [2.05, 4.69) is 34.2 Å². The van der Waals surface area contributed by atoms with Gasteiger partial charge in [0.05, 0.1) is 22.2 Å². The van der Waals surface area contributed by atoms with Gasteiger partial charge < -0.3 is 14.7 Å². The van der Waals surface area contributed by atoms with Gasteiger partial charge in [-0.15, -0.1) is 6.42 Å². The number of ether oxygens (including phenoxy) is 1. The molecule has 5 heterocycles. The molecule has 3 aliphatic rings. The second-order valence-corrected chi connectivity index (χ2v) is 11.9. The van der Waals surface area contributed by atoms with Crippen LogP contribution in [0.3, 0.4) is 0 Å². The van der Waals surface area contributed by atoms with Crippen molar-refractivity contribution in [3.05, 3.63) is 53.7 Å². The number of rotatable bonds is 7. The van der Waals surface area contributed by atoms with Crippen molar-refractivity contribution < 1.29 is 18.6 Å². The van der Waals surface area contributed by atoms with Crippen LogP contribution in [0.15, 0.2) is 30.8 Å². The Hall–Kier alpha value is -4.29. The molecule has 2 saturated heterocycles. The molecule has 7 nitrogen and oxygen atoms in total. The van der Waals surface area contributed by atoms with Gasteiger partial charge in [-0.05, 0) is 74.4 Å². The Bertz CT molecular complexity index is 1840. The second-order valence-electron chi connectivity index (χ2n) is 11.9. The summed E-state index contributed by atoms with van der Waals surface area (Å²) in [6, 6.07) is 5.68. The first kappa shape index (κ1) is 27.5. The van der Waals surface area contributed by atoms with Gasteiger partial charge in [-0.3, -0.25) is 4.90 Å². The normalized spacial score (nSPS) is 17.5. The fraction of sp³-hybridized carbons (Fsp3) is 0.382. The fourth-order valence-electron chi connectivity index (χ4n) is 7.19. The van der Waals surface area contributed by atoms with E-state index in [4.69, 9.17) is 21.1 Å². The Morgan fingerprint density at radius 2 is 1.88 bits per heavy atom. The minimum Gasteiger partial charge on any atom is -0.508 e. The summed E-state index contributed by atoms with van der Waals surface area (Å²) >= 11 is 0. The van der Waals surface area contributed by atoms with Crippen molar-refractivity contribution in [3.8, 4) is 35.4 Å². The van der Waals surface area contributed by atoms with E-state index in [0.29, 0.717) is 47.6 Å². The summed E-state index contributed by atoms with van der Waals surface area (Å²) < 4.78 is 38.0. The summed E-state index contributed by atoms with van der Waals surface area (Å²) in [6.07, 6.45) is 12.0. The number of halogens is 2. The van der Waals surface area contributed by atoms with Crippen LogP contribution in [-0.2, 0) is 0 Å². The third kappa shape index (κ3) is 4.39. The maximum atomic E-state index is 16.8. The van der Waals surface area contributed by atoms with Gasteiger partial charge >= 0.3 is 6.01 Å². The zero-order valence-electron chi connectivity index (χ0n) is 24.2. The van der Waals surface area contributed by atoms with Gasteiger partial charge in [-0.2, -0.15) is 9.97 Å². The van der Waals surface area contributed by atoms with Crippen molar-refractivity contribution in [2.75, 3.05) is 37.7 Å². The summed E-state index contributed by atoms with van der Waals surface area (Å²) in [5.74, 6) is 1.50. The Morgan fingerprint density at radius 3 is 2.63 bits per heavy atom. The largest absolute Gasteiger partial charge is 0.508 e. The first-order chi connectivity index (χ1) is 20.8. The summed E-state index contributed by atoms with van der Waals surface area (Å²) in [5.41, 5.74) is 1.21. The van der Waals surface area contributed by atoms with E-state index in [1.165, 1.54) is 24.3 Å². The number of nitrogens with zero attached hydrogens (tertiary/aromatic N) is 5. The topological polar surface area (TPSA) is 74.6 Å². The quantitative estimate of drug-likeness (QED) is 0.252. The highest BCUT2D eigenvalue weighted by molar-refractivity contribution is 6.06. The van der Waals surface area contributed by atoms with Crippen molar-refractivity contribution in [3.63, 3.8) is 0 Å². The molecule has 9 heteroatoms. The van der Waals surface area contributed by atoms with Crippen LogP contribution in [-0.4, -0.2) is 63.3 Å². The number of hydrogen-bond donors (Lipinski definition) is 1. The lowest BCUT2D eigenvalue weighted by atomic mass is 9.94. The van der Waals surface area contributed by atoms with Crippen LogP contribution < -0.4 is 9.64 Å². The molecule has 0 saturated carbocycles. The maximum absolute atomic E-state index is 16.8. The van der Waals surface area contributed by atoms with E-state index in [-0.39, 0.29) is 45.0 Å². The fourth-order valence-corrected chi connectivity index (χ4v) is 7.19. The minimum absolute atomic E-state index is 0.0312. The standard InChI is InChI=1S/C34H33F2N5O2/c1-4-6-13-40-18-20(3)29-27-31(38-33(39-32(27)40)43-19-34-11-7-14-41(34)15-8-12-34)28(36)30(37-29)24-17-22(42)16-21-9-10-25(35)23(5-2)26(21)24/h2,9-10,16-17,42H,3-4,6-8,11-15,18-19H2,1H3. The van der Waals surface area contributed by atoms with Gasteiger partial charge in [0, 0.05) is 24.0 Å². The Morgan fingerprint density at radius 1 is 1.09 bits per heavy atom. The predicted octanol–water partition coefficient (Wildman–Crippen LogP) is 6.45.